The van der Waals surface area contributed by atoms with E-state index in [1.54, 1.807) is 0 Å². The number of nitrogens with zero attached hydrogens (tertiary/aromatic N) is 3. The molecule has 0 saturated heterocycles. The number of terminal acetylenes is 1. The maximum atomic E-state index is 7.79. The molecular formula is C14H31N3Si2W2-2. The number of azide groups is 1. The SMILES string of the molecule is C#CC[Si](C)C.C[CH-]C.C[CH-]C.C[Si](C)CN=[N+]=[N-].[W].[W]. The van der Waals surface area contributed by atoms with Crippen molar-refractivity contribution < 1.29 is 42.1 Å². The first-order chi connectivity index (χ1) is 8.87. The molecule has 0 fully saturated rings. The minimum Gasteiger partial charge on any atom is -0.335 e. The Kier molecular flexibility index (Phi) is 76.9. The smallest absolute Gasteiger partial charge is 0.0555 e. The van der Waals surface area contributed by atoms with Crippen LogP contribution in [0.2, 0.25) is 32.2 Å². The monoisotopic (exact) mass is 665 g/mol. The summed E-state index contributed by atoms with van der Waals surface area (Å²) < 4.78 is 0. The Morgan fingerprint density at radius 1 is 1.00 bits per heavy atom. The van der Waals surface area contributed by atoms with E-state index in [0.29, 0.717) is 6.17 Å². The summed E-state index contributed by atoms with van der Waals surface area (Å²) in [5, 5.41) is 3.40. The Balaban J connectivity index is -0.0000000369. The van der Waals surface area contributed by atoms with Crippen LogP contribution in [0.4, 0.5) is 0 Å². The molecule has 0 unspecified atom stereocenters. The summed E-state index contributed by atoms with van der Waals surface area (Å²) in [5.41, 5.74) is 7.79. The minimum atomic E-state index is -0.318. The fraction of sp³-hybridized carbons (Fsp3) is 0.714. The van der Waals surface area contributed by atoms with Crippen LogP contribution in [0.25, 0.3) is 10.4 Å². The summed E-state index contributed by atoms with van der Waals surface area (Å²) in [6.07, 6.45) is 9.71. The standard InChI is InChI=1S/C5H9Si.C3H8N3Si.2C3H7.2W/c1-4-5-6(2)3;1-7(2)3-5-6-4;2*1-3-2;;/h1H,5H2,2-3H3;3H2,1-2H3;2*3H,1-2H3;;/q;;2*-1;;. The Hall–Kier alpha value is 0.680. The van der Waals surface area contributed by atoms with Crippen LogP contribution in [-0.2, 0) is 42.1 Å². The van der Waals surface area contributed by atoms with Crippen LogP contribution in [0.15, 0.2) is 5.11 Å². The quantitative estimate of drug-likeness (QED) is 0.0967. The zero-order valence-corrected chi connectivity index (χ0v) is 22.7. The van der Waals surface area contributed by atoms with Gasteiger partial charge in [-0.2, -0.15) is 27.7 Å². The Morgan fingerprint density at radius 3 is 1.38 bits per heavy atom. The van der Waals surface area contributed by atoms with Gasteiger partial charge in [0.2, 0.25) is 0 Å². The van der Waals surface area contributed by atoms with Gasteiger partial charge in [-0.05, 0) is 5.53 Å². The summed E-state index contributed by atoms with van der Waals surface area (Å²) in [6, 6.07) is 1.00. The van der Waals surface area contributed by atoms with Gasteiger partial charge in [0.15, 0.2) is 0 Å². The van der Waals surface area contributed by atoms with Gasteiger partial charge in [-0.1, -0.05) is 31.3 Å². The normalized spacial score (nSPS) is 6.90. The predicted molar refractivity (Wildman–Crippen MR) is 93.9 cm³/mol. The van der Waals surface area contributed by atoms with Crippen LogP contribution >= 0.6 is 0 Å². The predicted octanol–water partition coefficient (Wildman–Crippen LogP) is 5.42. The van der Waals surface area contributed by atoms with Crippen molar-refractivity contribution in [3.05, 3.63) is 23.3 Å². The first kappa shape index (κ1) is 37.7. The van der Waals surface area contributed by atoms with E-state index in [4.69, 9.17) is 12.0 Å². The minimum absolute atomic E-state index is 0. The van der Waals surface area contributed by atoms with Crippen molar-refractivity contribution >= 4 is 17.6 Å². The van der Waals surface area contributed by atoms with Crippen LogP contribution in [0.3, 0.4) is 0 Å². The molecule has 0 aliphatic rings. The van der Waals surface area contributed by atoms with Crippen molar-refractivity contribution in [1.82, 2.24) is 0 Å². The molecule has 124 valence electrons. The molecule has 0 saturated carbocycles. The second-order valence-electron chi connectivity index (χ2n) is 4.34. The molecule has 0 aromatic rings. The van der Waals surface area contributed by atoms with Crippen molar-refractivity contribution in [1.29, 1.82) is 0 Å². The fourth-order valence-electron chi connectivity index (χ4n) is 0.377. The third-order valence-corrected chi connectivity index (χ3v) is 2.59. The van der Waals surface area contributed by atoms with Gasteiger partial charge in [0.1, 0.15) is 0 Å². The molecule has 0 aliphatic carbocycles. The van der Waals surface area contributed by atoms with E-state index in [0.717, 1.165) is 6.04 Å². The molecule has 0 amide bonds. The number of rotatable bonds is 3. The van der Waals surface area contributed by atoms with E-state index in [1.807, 2.05) is 40.5 Å². The first-order valence-corrected chi connectivity index (χ1v) is 11.8. The molecular weight excluding hydrogens is 634 g/mol. The van der Waals surface area contributed by atoms with Gasteiger partial charge in [0, 0.05) is 68.1 Å². The van der Waals surface area contributed by atoms with Gasteiger partial charge < -0.3 is 12.8 Å². The van der Waals surface area contributed by atoms with E-state index in [2.05, 4.69) is 42.1 Å². The molecule has 0 N–H and O–H groups in total. The Labute approximate surface area is 165 Å². The summed E-state index contributed by atoms with van der Waals surface area (Å²) in [4.78, 5) is 2.63. The molecule has 0 aliphatic heterocycles. The van der Waals surface area contributed by atoms with Crippen LogP contribution in [0.5, 0.6) is 0 Å². The van der Waals surface area contributed by atoms with Gasteiger partial charge in [0.05, 0.1) is 8.80 Å². The summed E-state index contributed by atoms with van der Waals surface area (Å²) in [7, 11) is -0.439. The molecule has 7 heteroatoms. The summed E-state index contributed by atoms with van der Waals surface area (Å²) in [6.45, 7) is 16.6. The molecule has 0 atom stereocenters. The molecule has 2 radical (unpaired) electrons. The van der Waals surface area contributed by atoms with Gasteiger partial charge in [-0.15, -0.1) is 12.3 Å². The van der Waals surface area contributed by atoms with E-state index in [-0.39, 0.29) is 59.7 Å². The van der Waals surface area contributed by atoms with E-state index in [9.17, 15) is 0 Å². The van der Waals surface area contributed by atoms with E-state index >= 15 is 0 Å². The van der Waals surface area contributed by atoms with Gasteiger partial charge in [-0.3, -0.25) is 0 Å². The van der Waals surface area contributed by atoms with Gasteiger partial charge in [-0.25, -0.2) is 0 Å². The third kappa shape index (κ3) is 122. The Bertz CT molecular complexity index is 225. The number of hydrogen-bond donors (Lipinski definition) is 0. The molecule has 0 aromatic heterocycles. The van der Waals surface area contributed by atoms with Crippen LogP contribution in [-0.4, -0.2) is 23.8 Å². The van der Waals surface area contributed by atoms with Crippen molar-refractivity contribution in [3.63, 3.8) is 0 Å². The molecule has 0 spiro atoms. The first-order valence-electron chi connectivity index (χ1n) is 6.37. The van der Waals surface area contributed by atoms with E-state index in [1.165, 1.54) is 0 Å². The second kappa shape index (κ2) is 42.8. The number of hydrogen-bond acceptors (Lipinski definition) is 1. The zero-order chi connectivity index (χ0) is 16.1. The average Bonchev–Trinajstić information content (AvgIpc) is 2.29. The molecule has 0 aromatic carbocycles. The van der Waals surface area contributed by atoms with Crippen molar-refractivity contribution in [3.8, 4) is 12.3 Å². The summed E-state index contributed by atoms with van der Waals surface area (Å²) >= 11 is 0. The average molecular weight is 665 g/mol. The second-order valence-corrected chi connectivity index (χ2v) is 9.84. The fourth-order valence-corrected chi connectivity index (χ4v) is 1.13. The van der Waals surface area contributed by atoms with Crippen LogP contribution < -0.4 is 0 Å². The van der Waals surface area contributed by atoms with Gasteiger partial charge >= 0.3 is 0 Å². The van der Waals surface area contributed by atoms with Crippen LogP contribution in [0.1, 0.15) is 27.7 Å². The van der Waals surface area contributed by atoms with E-state index < -0.39 is 0 Å². The molecule has 21 heavy (non-hydrogen) atoms. The topological polar surface area (TPSA) is 48.8 Å². The largest absolute Gasteiger partial charge is 0.335 e. The molecule has 0 heterocycles. The maximum Gasteiger partial charge on any atom is 0.0555 e. The van der Waals surface area contributed by atoms with Crippen molar-refractivity contribution in [2.75, 3.05) is 6.17 Å². The molecule has 0 bridgehead atoms. The van der Waals surface area contributed by atoms with Crippen molar-refractivity contribution in [2.45, 2.75) is 59.9 Å². The molecule has 3 nitrogen and oxygen atoms in total. The van der Waals surface area contributed by atoms with Gasteiger partial charge in [0.25, 0.3) is 0 Å². The summed E-state index contributed by atoms with van der Waals surface area (Å²) in [5.74, 6) is 2.61. The Morgan fingerprint density at radius 2 is 1.33 bits per heavy atom. The van der Waals surface area contributed by atoms with Crippen LogP contribution in [0, 0.1) is 25.2 Å². The molecule has 0 rings (SSSR count). The maximum absolute atomic E-state index is 7.79. The zero-order valence-electron chi connectivity index (χ0n) is 14.8. The third-order valence-electron chi connectivity index (χ3n) is 0.906. The van der Waals surface area contributed by atoms with Crippen molar-refractivity contribution in [2.24, 2.45) is 5.11 Å².